The highest BCUT2D eigenvalue weighted by atomic mass is 16.5. The van der Waals surface area contributed by atoms with E-state index in [1.165, 1.54) is 15.3 Å². The van der Waals surface area contributed by atoms with E-state index in [2.05, 4.69) is 0 Å². The maximum absolute atomic E-state index is 11.9. The fourth-order valence-electron chi connectivity index (χ4n) is 1.62. The number of hydrogen-bond donors (Lipinski definition) is 1. The van der Waals surface area contributed by atoms with Crippen molar-refractivity contribution < 1.29 is 4.74 Å². The second-order valence-electron chi connectivity index (χ2n) is 3.81. The van der Waals surface area contributed by atoms with Gasteiger partial charge >= 0.3 is 5.69 Å². The molecule has 6 nitrogen and oxygen atoms in total. The number of aromatic nitrogens is 2. The summed E-state index contributed by atoms with van der Waals surface area (Å²) in [6, 6.07) is 0. The molecule has 0 saturated heterocycles. The third-order valence-corrected chi connectivity index (χ3v) is 2.58. The van der Waals surface area contributed by atoms with Gasteiger partial charge in [0.1, 0.15) is 5.69 Å². The highest BCUT2D eigenvalue weighted by Crippen LogP contribution is 1.94. The van der Waals surface area contributed by atoms with Crippen LogP contribution in [0.2, 0.25) is 0 Å². The van der Waals surface area contributed by atoms with Gasteiger partial charge in [-0.15, -0.1) is 0 Å². The van der Waals surface area contributed by atoms with E-state index in [0.29, 0.717) is 19.7 Å². The third-order valence-electron chi connectivity index (χ3n) is 2.58. The predicted molar refractivity (Wildman–Crippen MR) is 66.2 cm³/mol. The summed E-state index contributed by atoms with van der Waals surface area (Å²) in [5.41, 5.74) is 4.98. The van der Waals surface area contributed by atoms with Crippen LogP contribution in [-0.2, 0) is 17.8 Å². The van der Waals surface area contributed by atoms with Gasteiger partial charge in [0, 0.05) is 33.0 Å². The number of anilines is 1. The summed E-state index contributed by atoms with van der Waals surface area (Å²) >= 11 is 0. The molecule has 1 rings (SSSR count). The van der Waals surface area contributed by atoms with Crippen molar-refractivity contribution in [1.29, 1.82) is 0 Å². The Labute approximate surface area is 99.6 Å². The molecule has 0 bridgehead atoms. The Kier molecular flexibility index (Phi) is 4.96. The fraction of sp³-hybridized carbons (Fsp3) is 0.636. The van der Waals surface area contributed by atoms with Crippen molar-refractivity contribution in [3.63, 3.8) is 0 Å². The second kappa shape index (κ2) is 6.24. The van der Waals surface area contributed by atoms with Crippen molar-refractivity contribution in [3.8, 4) is 0 Å². The lowest BCUT2D eigenvalue weighted by atomic mass is 10.3. The molecule has 1 aromatic heterocycles. The topological polar surface area (TPSA) is 79.2 Å². The summed E-state index contributed by atoms with van der Waals surface area (Å²) in [5, 5.41) is 0. The Morgan fingerprint density at radius 2 is 2.06 bits per heavy atom. The van der Waals surface area contributed by atoms with Gasteiger partial charge in [0.05, 0.1) is 0 Å². The monoisotopic (exact) mass is 241 g/mol. The van der Waals surface area contributed by atoms with Gasteiger partial charge in [-0.3, -0.25) is 13.9 Å². The molecule has 6 heteroatoms. The highest BCUT2D eigenvalue weighted by molar-refractivity contribution is 5.30. The average Bonchev–Trinajstić information content (AvgIpc) is 2.33. The summed E-state index contributed by atoms with van der Waals surface area (Å²) in [4.78, 5) is 23.6. The number of nitrogens with two attached hydrogens (primary N) is 1. The molecule has 0 aromatic carbocycles. The maximum atomic E-state index is 11.9. The molecule has 0 saturated carbocycles. The number of hydrogen-bond acceptors (Lipinski definition) is 4. The van der Waals surface area contributed by atoms with Crippen molar-refractivity contribution >= 4 is 5.69 Å². The molecule has 0 spiro atoms. The smallest absolute Gasteiger partial charge is 0.331 e. The first-order valence-electron chi connectivity index (χ1n) is 5.70. The van der Waals surface area contributed by atoms with Crippen LogP contribution >= 0.6 is 0 Å². The first-order chi connectivity index (χ1) is 8.11. The number of ether oxygens (including phenoxy) is 1. The van der Waals surface area contributed by atoms with Crippen molar-refractivity contribution in [2.75, 3.05) is 19.5 Å². The molecule has 0 radical (unpaired) electrons. The lowest BCUT2D eigenvalue weighted by Crippen LogP contribution is -2.40. The zero-order chi connectivity index (χ0) is 12.8. The quantitative estimate of drug-likeness (QED) is 0.713. The van der Waals surface area contributed by atoms with E-state index in [0.717, 1.165) is 12.8 Å². The molecule has 0 aliphatic heterocycles. The summed E-state index contributed by atoms with van der Waals surface area (Å²) in [7, 11) is 1.62. The van der Waals surface area contributed by atoms with Crippen molar-refractivity contribution in [3.05, 3.63) is 27.0 Å². The van der Waals surface area contributed by atoms with E-state index in [-0.39, 0.29) is 11.4 Å². The van der Waals surface area contributed by atoms with Gasteiger partial charge in [-0.25, -0.2) is 4.79 Å². The highest BCUT2D eigenvalue weighted by Gasteiger charge is 2.07. The van der Waals surface area contributed by atoms with Crippen LogP contribution < -0.4 is 17.0 Å². The van der Waals surface area contributed by atoms with Gasteiger partial charge in [0.15, 0.2) is 0 Å². The summed E-state index contributed by atoms with van der Waals surface area (Å²) < 4.78 is 7.54. The zero-order valence-electron chi connectivity index (χ0n) is 10.3. The van der Waals surface area contributed by atoms with Crippen LogP contribution in [0, 0.1) is 0 Å². The average molecular weight is 241 g/mol. The van der Waals surface area contributed by atoms with Crippen LogP contribution in [0.25, 0.3) is 0 Å². The van der Waals surface area contributed by atoms with E-state index >= 15 is 0 Å². The number of nitrogen functional groups attached to an aromatic ring is 1. The SMILES string of the molecule is CCn1cc(N)c(=O)n(CCCCOC)c1=O. The predicted octanol–water partition coefficient (Wildman–Crippen LogP) is 0.0387. The largest absolute Gasteiger partial charge is 0.393 e. The minimum atomic E-state index is -0.405. The van der Waals surface area contributed by atoms with Crippen molar-refractivity contribution in [2.24, 2.45) is 0 Å². The van der Waals surface area contributed by atoms with Gasteiger partial charge in [-0.05, 0) is 19.8 Å². The van der Waals surface area contributed by atoms with E-state index < -0.39 is 5.56 Å². The first-order valence-corrected chi connectivity index (χ1v) is 5.70. The van der Waals surface area contributed by atoms with E-state index in [1.54, 1.807) is 7.11 Å². The van der Waals surface area contributed by atoms with Crippen LogP contribution in [0.4, 0.5) is 5.69 Å². The van der Waals surface area contributed by atoms with E-state index in [9.17, 15) is 9.59 Å². The maximum Gasteiger partial charge on any atom is 0.331 e. The number of methoxy groups -OCH3 is 1. The zero-order valence-corrected chi connectivity index (χ0v) is 10.3. The van der Waals surface area contributed by atoms with Crippen LogP contribution in [0.1, 0.15) is 19.8 Å². The normalized spacial score (nSPS) is 10.7. The Morgan fingerprint density at radius 1 is 1.35 bits per heavy atom. The van der Waals surface area contributed by atoms with Gasteiger partial charge in [-0.2, -0.15) is 0 Å². The minimum absolute atomic E-state index is 0.109. The molecule has 0 fully saturated rings. The molecule has 0 aliphatic rings. The van der Waals surface area contributed by atoms with Crippen molar-refractivity contribution in [2.45, 2.75) is 32.9 Å². The van der Waals surface area contributed by atoms with Gasteiger partial charge < -0.3 is 10.5 Å². The standard InChI is InChI=1S/C11H19N3O3/c1-3-13-8-9(12)10(15)14(11(13)16)6-4-5-7-17-2/h8H,3-7,12H2,1-2H3. The molecule has 17 heavy (non-hydrogen) atoms. The Balaban J connectivity index is 2.94. The molecule has 1 aromatic rings. The summed E-state index contributed by atoms with van der Waals surface area (Å²) in [6.07, 6.45) is 2.93. The van der Waals surface area contributed by atoms with E-state index in [4.69, 9.17) is 10.5 Å². The summed E-state index contributed by atoms with van der Waals surface area (Å²) in [6.45, 7) is 3.34. The number of nitrogens with zero attached hydrogens (tertiary/aromatic N) is 2. The molecule has 1 heterocycles. The molecule has 0 unspecified atom stereocenters. The molecule has 0 aliphatic carbocycles. The molecule has 96 valence electrons. The van der Waals surface area contributed by atoms with Gasteiger partial charge in [-0.1, -0.05) is 0 Å². The molecule has 2 N–H and O–H groups in total. The number of unbranched alkanes of at least 4 members (excludes halogenated alkanes) is 1. The van der Waals surface area contributed by atoms with Gasteiger partial charge in [0.2, 0.25) is 0 Å². The Hall–Kier alpha value is -1.56. The number of rotatable bonds is 6. The van der Waals surface area contributed by atoms with Crippen LogP contribution in [0.15, 0.2) is 15.8 Å². The molecule has 0 amide bonds. The van der Waals surface area contributed by atoms with E-state index in [1.807, 2.05) is 6.92 Å². The Bertz CT molecular complexity index is 476. The lowest BCUT2D eigenvalue weighted by molar-refractivity contribution is 0.191. The van der Waals surface area contributed by atoms with Crippen LogP contribution in [0.3, 0.4) is 0 Å². The van der Waals surface area contributed by atoms with Crippen molar-refractivity contribution in [1.82, 2.24) is 9.13 Å². The lowest BCUT2D eigenvalue weighted by Gasteiger charge is -2.09. The third kappa shape index (κ3) is 3.20. The molecule has 0 atom stereocenters. The minimum Gasteiger partial charge on any atom is -0.393 e. The Morgan fingerprint density at radius 3 is 2.65 bits per heavy atom. The van der Waals surface area contributed by atoms with Crippen LogP contribution in [0.5, 0.6) is 0 Å². The first kappa shape index (κ1) is 13.5. The fourth-order valence-corrected chi connectivity index (χ4v) is 1.62. The number of aryl methyl sites for hydroxylation is 1. The van der Waals surface area contributed by atoms with Crippen LogP contribution in [-0.4, -0.2) is 22.9 Å². The summed E-state index contributed by atoms with van der Waals surface area (Å²) in [5.74, 6) is 0. The van der Waals surface area contributed by atoms with Gasteiger partial charge in [0.25, 0.3) is 5.56 Å². The second-order valence-corrected chi connectivity index (χ2v) is 3.81. The molecular formula is C11H19N3O3. The molecular weight excluding hydrogens is 222 g/mol.